The van der Waals surface area contributed by atoms with Crippen LogP contribution in [0.5, 0.6) is 0 Å². The number of rotatable bonds is 3. The maximum absolute atomic E-state index is 9.22. The van der Waals surface area contributed by atoms with Crippen molar-refractivity contribution in [2.75, 3.05) is 7.11 Å². The highest BCUT2D eigenvalue weighted by molar-refractivity contribution is 4.74. The van der Waals surface area contributed by atoms with E-state index in [1.54, 1.807) is 7.11 Å². The van der Waals surface area contributed by atoms with E-state index < -0.39 is 0 Å². The Morgan fingerprint density at radius 3 is 2.83 bits per heavy atom. The molecule has 1 aliphatic rings. The lowest BCUT2D eigenvalue weighted by Gasteiger charge is -2.28. The summed E-state index contributed by atoms with van der Waals surface area (Å²) in [5, 5.41) is 9.22. The van der Waals surface area contributed by atoms with E-state index in [-0.39, 0.29) is 6.10 Å². The lowest BCUT2D eigenvalue weighted by molar-refractivity contribution is 0.0379. The van der Waals surface area contributed by atoms with Gasteiger partial charge in [0.25, 0.3) is 0 Å². The molecule has 0 aliphatic heterocycles. The normalized spacial score (nSPS) is 33.2. The van der Waals surface area contributed by atoms with Gasteiger partial charge in [-0.05, 0) is 32.1 Å². The lowest BCUT2D eigenvalue weighted by Crippen LogP contribution is -2.23. The van der Waals surface area contributed by atoms with E-state index in [4.69, 9.17) is 4.74 Å². The monoisotopic (exact) mass is 172 g/mol. The smallest absolute Gasteiger partial charge is 0.0574 e. The van der Waals surface area contributed by atoms with Gasteiger partial charge in [0.2, 0.25) is 0 Å². The van der Waals surface area contributed by atoms with Crippen LogP contribution in [0.3, 0.4) is 0 Å². The third-order valence-corrected chi connectivity index (χ3v) is 2.74. The average Bonchev–Trinajstić information content (AvgIpc) is 2.03. The summed E-state index contributed by atoms with van der Waals surface area (Å²) in [6, 6.07) is 0. The van der Waals surface area contributed by atoms with Gasteiger partial charge in [-0.25, -0.2) is 0 Å². The van der Waals surface area contributed by atoms with Gasteiger partial charge in [-0.2, -0.15) is 0 Å². The Labute approximate surface area is 74.9 Å². The van der Waals surface area contributed by atoms with Gasteiger partial charge in [-0.3, -0.25) is 0 Å². The number of hydrogen-bond donors (Lipinski definition) is 1. The number of aliphatic hydroxyl groups excluding tert-OH is 1. The molecule has 0 aromatic carbocycles. The third-order valence-electron chi connectivity index (χ3n) is 2.74. The van der Waals surface area contributed by atoms with Crippen LogP contribution in [0, 0.1) is 5.92 Å². The van der Waals surface area contributed by atoms with Gasteiger partial charge in [-0.15, -0.1) is 0 Å². The fourth-order valence-corrected chi connectivity index (χ4v) is 2.15. The highest BCUT2D eigenvalue weighted by Crippen LogP contribution is 2.29. The van der Waals surface area contributed by atoms with Crippen LogP contribution in [-0.2, 0) is 4.74 Å². The summed E-state index contributed by atoms with van der Waals surface area (Å²) in [6.45, 7) is 1.87. The highest BCUT2D eigenvalue weighted by atomic mass is 16.5. The zero-order chi connectivity index (χ0) is 8.97. The first-order valence-corrected chi connectivity index (χ1v) is 4.93. The second kappa shape index (κ2) is 4.83. The molecule has 0 radical (unpaired) electrons. The molecule has 0 saturated heterocycles. The molecule has 0 spiro atoms. The third kappa shape index (κ3) is 3.11. The van der Waals surface area contributed by atoms with Crippen LogP contribution < -0.4 is 0 Å². The van der Waals surface area contributed by atoms with Crippen LogP contribution in [-0.4, -0.2) is 24.4 Å². The van der Waals surface area contributed by atoms with Crippen molar-refractivity contribution in [3.05, 3.63) is 0 Å². The van der Waals surface area contributed by atoms with E-state index in [9.17, 15) is 5.11 Å². The van der Waals surface area contributed by atoms with Crippen LogP contribution in [0.4, 0.5) is 0 Å². The van der Waals surface area contributed by atoms with E-state index in [1.165, 1.54) is 19.3 Å². The Morgan fingerprint density at radius 2 is 2.25 bits per heavy atom. The van der Waals surface area contributed by atoms with Gasteiger partial charge in [0, 0.05) is 7.11 Å². The Kier molecular flexibility index (Phi) is 4.02. The predicted molar refractivity (Wildman–Crippen MR) is 49.1 cm³/mol. The van der Waals surface area contributed by atoms with Crippen molar-refractivity contribution >= 4 is 0 Å². The molecule has 72 valence electrons. The van der Waals surface area contributed by atoms with Crippen molar-refractivity contribution in [2.24, 2.45) is 5.92 Å². The number of aliphatic hydroxyl groups is 1. The first-order valence-electron chi connectivity index (χ1n) is 4.93. The first kappa shape index (κ1) is 10.0. The Balaban J connectivity index is 2.25. The van der Waals surface area contributed by atoms with Crippen LogP contribution in [0.1, 0.15) is 39.0 Å². The molecule has 2 heteroatoms. The number of ether oxygens (including phenoxy) is 1. The molecule has 0 amide bonds. The van der Waals surface area contributed by atoms with E-state index in [0.717, 1.165) is 12.8 Å². The minimum atomic E-state index is -0.148. The van der Waals surface area contributed by atoms with Crippen molar-refractivity contribution in [1.82, 2.24) is 0 Å². The summed E-state index contributed by atoms with van der Waals surface area (Å²) in [5.74, 6) is 0.684. The molecule has 0 aromatic heterocycles. The molecular weight excluding hydrogens is 152 g/mol. The molecule has 12 heavy (non-hydrogen) atoms. The molecule has 2 nitrogen and oxygen atoms in total. The zero-order valence-electron chi connectivity index (χ0n) is 8.12. The van der Waals surface area contributed by atoms with E-state index in [1.807, 2.05) is 6.92 Å². The minimum Gasteiger partial charge on any atom is -0.393 e. The fraction of sp³-hybridized carbons (Fsp3) is 1.00. The molecular formula is C10H20O2. The average molecular weight is 172 g/mol. The first-order chi connectivity index (χ1) is 5.72. The standard InChI is InChI=1S/C10H20O2/c1-8(11)6-9-4-3-5-10(7-9)12-2/h8-11H,3-7H2,1-2H3. The highest BCUT2D eigenvalue weighted by Gasteiger charge is 2.22. The van der Waals surface area contributed by atoms with Gasteiger partial charge in [0.1, 0.15) is 0 Å². The molecule has 0 bridgehead atoms. The van der Waals surface area contributed by atoms with Crippen molar-refractivity contribution in [3.63, 3.8) is 0 Å². The van der Waals surface area contributed by atoms with Crippen LogP contribution >= 0.6 is 0 Å². The quantitative estimate of drug-likeness (QED) is 0.705. The van der Waals surface area contributed by atoms with Gasteiger partial charge in [0.15, 0.2) is 0 Å². The second-order valence-electron chi connectivity index (χ2n) is 3.98. The topological polar surface area (TPSA) is 29.5 Å². The van der Waals surface area contributed by atoms with Crippen LogP contribution in [0.25, 0.3) is 0 Å². The van der Waals surface area contributed by atoms with Crippen molar-refractivity contribution in [3.8, 4) is 0 Å². The van der Waals surface area contributed by atoms with Crippen molar-refractivity contribution in [2.45, 2.75) is 51.2 Å². The number of hydrogen-bond acceptors (Lipinski definition) is 2. The van der Waals surface area contributed by atoms with Gasteiger partial charge in [0.05, 0.1) is 12.2 Å². The van der Waals surface area contributed by atoms with E-state index in [2.05, 4.69) is 0 Å². The Bertz CT molecular complexity index is 123. The molecule has 1 N–H and O–H groups in total. The summed E-state index contributed by atoms with van der Waals surface area (Å²) in [7, 11) is 1.79. The summed E-state index contributed by atoms with van der Waals surface area (Å²) in [5.41, 5.74) is 0. The summed E-state index contributed by atoms with van der Waals surface area (Å²) < 4.78 is 5.32. The molecule has 3 unspecified atom stereocenters. The molecule has 1 saturated carbocycles. The maximum Gasteiger partial charge on any atom is 0.0574 e. The van der Waals surface area contributed by atoms with E-state index in [0.29, 0.717) is 12.0 Å². The van der Waals surface area contributed by atoms with Gasteiger partial charge < -0.3 is 9.84 Å². The Morgan fingerprint density at radius 1 is 1.50 bits per heavy atom. The SMILES string of the molecule is COC1CCCC(CC(C)O)C1. The Hall–Kier alpha value is -0.0800. The largest absolute Gasteiger partial charge is 0.393 e. The molecule has 3 atom stereocenters. The molecule has 1 fully saturated rings. The molecule has 1 aliphatic carbocycles. The van der Waals surface area contributed by atoms with E-state index >= 15 is 0 Å². The van der Waals surface area contributed by atoms with Gasteiger partial charge >= 0.3 is 0 Å². The summed E-state index contributed by atoms with van der Waals surface area (Å²) >= 11 is 0. The predicted octanol–water partition coefficient (Wildman–Crippen LogP) is 1.96. The minimum absolute atomic E-state index is 0.148. The van der Waals surface area contributed by atoms with Crippen molar-refractivity contribution < 1.29 is 9.84 Å². The maximum atomic E-state index is 9.22. The molecule has 0 heterocycles. The second-order valence-corrected chi connectivity index (χ2v) is 3.98. The molecule has 0 aromatic rings. The molecule has 1 rings (SSSR count). The summed E-state index contributed by atoms with van der Waals surface area (Å²) in [6.07, 6.45) is 6.11. The van der Waals surface area contributed by atoms with Crippen molar-refractivity contribution in [1.29, 1.82) is 0 Å². The zero-order valence-corrected chi connectivity index (χ0v) is 8.12. The lowest BCUT2D eigenvalue weighted by atomic mass is 9.84. The fourth-order valence-electron chi connectivity index (χ4n) is 2.15. The van der Waals surface area contributed by atoms with Crippen LogP contribution in [0.15, 0.2) is 0 Å². The van der Waals surface area contributed by atoms with Crippen LogP contribution in [0.2, 0.25) is 0 Å². The number of methoxy groups -OCH3 is 1. The van der Waals surface area contributed by atoms with Gasteiger partial charge in [-0.1, -0.05) is 12.8 Å². The summed E-state index contributed by atoms with van der Waals surface area (Å²) in [4.78, 5) is 0.